The van der Waals surface area contributed by atoms with Crippen molar-refractivity contribution in [2.45, 2.75) is 12.8 Å². The second-order valence-corrected chi connectivity index (χ2v) is 6.02. The van der Waals surface area contributed by atoms with E-state index in [9.17, 15) is 4.79 Å². The summed E-state index contributed by atoms with van der Waals surface area (Å²) in [6.45, 7) is 0.965. The summed E-state index contributed by atoms with van der Waals surface area (Å²) in [7, 11) is 1.86. The number of amides is 1. The Morgan fingerprint density at radius 3 is 2.75 bits per heavy atom. The fraction of sp³-hybridized carbons (Fsp3) is 0.312. The van der Waals surface area contributed by atoms with Crippen LogP contribution < -0.4 is 15.1 Å². The van der Waals surface area contributed by atoms with Crippen LogP contribution in [0.25, 0.3) is 0 Å². The summed E-state index contributed by atoms with van der Waals surface area (Å²) in [5.41, 5.74) is 3.40. The molecule has 1 heterocycles. The lowest BCUT2D eigenvalue weighted by molar-refractivity contribution is -0.145. The molecule has 0 radical (unpaired) electrons. The minimum absolute atomic E-state index is 0.0184. The second-order valence-electron chi connectivity index (χ2n) is 5.61. The average molecular weight is 353 g/mol. The Labute approximate surface area is 143 Å². The van der Waals surface area contributed by atoms with Gasteiger partial charge in [-0.25, -0.2) is 10.5 Å². The van der Waals surface area contributed by atoms with Crippen molar-refractivity contribution in [1.82, 2.24) is 10.2 Å². The Morgan fingerprint density at radius 1 is 1.29 bits per heavy atom. The quantitative estimate of drug-likeness (QED) is 0.570. The van der Waals surface area contributed by atoms with E-state index < -0.39 is 0 Å². The Balaban J connectivity index is 1.88. The molecule has 0 aromatic heterocycles. The number of hydrogen-bond acceptors (Lipinski definition) is 6. The standard InChI is InChI=1S/C16H17ClN2O5/c1-18-13-4-2-3-9-7-19(8-11(9)13)16(20)15-12(17)5-10(23-21)6-14(15)24-22/h4-6,18,21-22H,2-3,7-8H2,1H3. The van der Waals surface area contributed by atoms with Crippen LogP contribution in [0.15, 0.2) is 35.1 Å². The zero-order chi connectivity index (χ0) is 17.3. The number of carbonyl (C=O) groups is 1. The first-order valence-corrected chi connectivity index (χ1v) is 7.81. The molecule has 0 atom stereocenters. The van der Waals surface area contributed by atoms with Gasteiger partial charge in [0.1, 0.15) is 5.56 Å². The van der Waals surface area contributed by atoms with Gasteiger partial charge in [0.25, 0.3) is 5.91 Å². The largest absolute Gasteiger partial charge is 0.388 e. The first-order chi connectivity index (χ1) is 11.6. The minimum Gasteiger partial charge on any atom is -0.388 e. The lowest BCUT2D eigenvalue weighted by Gasteiger charge is -2.19. The monoisotopic (exact) mass is 352 g/mol. The molecule has 7 nitrogen and oxygen atoms in total. The van der Waals surface area contributed by atoms with Crippen molar-refractivity contribution in [2.24, 2.45) is 0 Å². The van der Waals surface area contributed by atoms with Gasteiger partial charge in [-0.15, -0.1) is 0 Å². The van der Waals surface area contributed by atoms with Crippen molar-refractivity contribution in [3.63, 3.8) is 0 Å². The molecular formula is C16H17ClN2O5. The highest BCUT2D eigenvalue weighted by Crippen LogP contribution is 2.36. The summed E-state index contributed by atoms with van der Waals surface area (Å²) < 4.78 is 0. The number of hydrogen-bond donors (Lipinski definition) is 3. The molecule has 0 bridgehead atoms. The van der Waals surface area contributed by atoms with E-state index in [2.05, 4.69) is 21.2 Å². The number of carbonyl (C=O) groups excluding carboxylic acids is 1. The molecule has 0 saturated heterocycles. The van der Waals surface area contributed by atoms with Gasteiger partial charge in [-0.3, -0.25) is 4.79 Å². The fourth-order valence-corrected chi connectivity index (χ4v) is 3.43. The zero-order valence-corrected chi connectivity index (χ0v) is 13.8. The van der Waals surface area contributed by atoms with Gasteiger partial charge in [0, 0.05) is 38.0 Å². The van der Waals surface area contributed by atoms with Gasteiger partial charge in [0.05, 0.1) is 5.02 Å². The van der Waals surface area contributed by atoms with Crippen LogP contribution in [-0.2, 0) is 0 Å². The lowest BCUT2D eigenvalue weighted by atomic mass is 9.97. The van der Waals surface area contributed by atoms with Gasteiger partial charge >= 0.3 is 0 Å². The summed E-state index contributed by atoms with van der Waals surface area (Å²) in [6, 6.07) is 2.46. The molecule has 128 valence electrons. The SMILES string of the molecule is CNC1=CCCC2=C1CN(C(=O)c1c(Cl)cc(OO)cc1OO)C2. The molecule has 2 aliphatic rings. The van der Waals surface area contributed by atoms with Crippen LogP contribution in [0.3, 0.4) is 0 Å². The van der Waals surface area contributed by atoms with Crippen LogP contribution in [0.2, 0.25) is 5.02 Å². The normalized spacial score (nSPS) is 16.7. The summed E-state index contributed by atoms with van der Waals surface area (Å²) in [5, 5.41) is 20.9. The van der Waals surface area contributed by atoms with Gasteiger partial charge in [-0.2, -0.15) is 0 Å². The van der Waals surface area contributed by atoms with Gasteiger partial charge in [0.2, 0.25) is 0 Å². The molecule has 1 aliphatic carbocycles. The maximum absolute atomic E-state index is 12.9. The van der Waals surface area contributed by atoms with Crippen LogP contribution in [0.4, 0.5) is 0 Å². The maximum Gasteiger partial charge on any atom is 0.259 e. The fourth-order valence-electron chi connectivity index (χ4n) is 3.15. The van der Waals surface area contributed by atoms with E-state index in [0.717, 1.165) is 24.1 Å². The first kappa shape index (κ1) is 16.6. The van der Waals surface area contributed by atoms with Crippen molar-refractivity contribution >= 4 is 17.5 Å². The highest BCUT2D eigenvalue weighted by Gasteiger charge is 2.32. The van der Waals surface area contributed by atoms with Crippen LogP contribution in [0.5, 0.6) is 11.5 Å². The number of likely N-dealkylation sites (N-methyl/N-ethyl adjacent to an activating group) is 1. The molecule has 24 heavy (non-hydrogen) atoms. The molecule has 3 N–H and O–H groups in total. The predicted molar refractivity (Wildman–Crippen MR) is 87.3 cm³/mol. The van der Waals surface area contributed by atoms with E-state index in [4.69, 9.17) is 22.1 Å². The topological polar surface area (TPSA) is 91.3 Å². The van der Waals surface area contributed by atoms with Gasteiger partial charge < -0.3 is 20.0 Å². The highest BCUT2D eigenvalue weighted by molar-refractivity contribution is 6.34. The van der Waals surface area contributed by atoms with Crippen molar-refractivity contribution in [1.29, 1.82) is 0 Å². The molecule has 0 saturated carbocycles. The zero-order valence-electron chi connectivity index (χ0n) is 13.0. The minimum atomic E-state index is -0.363. The molecule has 0 spiro atoms. The second kappa shape index (κ2) is 6.72. The van der Waals surface area contributed by atoms with Gasteiger partial charge in [-0.05, 0) is 24.0 Å². The van der Waals surface area contributed by atoms with E-state index in [0.29, 0.717) is 13.1 Å². The molecule has 3 rings (SSSR count). The maximum atomic E-state index is 12.9. The number of allylic oxidation sites excluding steroid dienone is 1. The summed E-state index contributed by atoms with van der Waals surface area (Å²) in [5.74, 6) is -0.580. The molecule has 1 aliphatic heterocycles. The molecule has 8 heteroatoms. The van der Waals surface area contributed by atoms with E-state index in [-0.39, 0.29) is 28.0 Å². The number of nitrogens with zero attached hydrogens (tertiary/aromatic N) is 1. The number of rotatable bonds is 4. The van der Waals surface area contributed by atoms with Crippen LogP contribution in [0, 0.1) is 0 Å². The summed E-state index contributed by atoms with van der Waals surface area (Å²) >= 11 is 6.11. The van der Waals surface area contributed by atoms with E-state index >= 15 is 0 Å². The van der Waals surface area contributed by atoms with Crippen molar-refractivity contribution in [3.05, 3.63) is 45.6 Å². The Bertz CT molecular complexity index is 744. The third-order valence-corrected chi connectivity index (χ3v) is 4.58. The van der Waals surface area contributed by atoms with Gasteiger partial charge in [-0.1, -0.05) is 17.7 Å². The highest BCUT2D eigenvalue weighted by atomic mass is 35.5. The van der Waals surface area contributed by atoms with Crippen LogP contribution >= 0.6 is 11.6 Å². The average Bonchev–Trinajstić information content (AvgIpc) is 3.04. The molecule has 1 aromatic rings. The smallest absolute Gasteiger partial charge is 0.259 e. The molecule has 0 fully saturated rings. The number of nitrogens with one attached hydrogen (secondary N) is 1. The number of halogens is 1. The Morgan fingerprint density at radius 2 is 2.08 bits per heavy atom. The lowest BCUT2D eigenvalue weighted by Crippen LogP contribution is -2.30. The summed E-state index contributed by atoms with van der Waals surface area (Å²) in [6.07, 6.45) is 3.97. The Hall–Kier alpha value is -2.22. The van der Waals surface area contributed by atoms with Crippen molar-refractivity contribution in [3.8, 4) is 11.5 Å². The predicted octanol–water partition coefficient (Wildman–Crippen LogP) is 2.69. The van der Waals surface area contributed by atoms with Crippen molar-refractivity contribution < 1.29 is 25.1 Å². The van der Waals surface area contributed by atoms with E-state index in [1.165, 1.54) is 17.7 Å². The molecule has 1 amide bonds. The first-order valence-electron chi connectivity index (χ1n) is 7.43. The summed E-state index contributed by atoms with van der Waals surface area (Å²) in [4.78, 5) is 22.8. The number of benzene rings is 1. The molecule has 0 unspecified atom stereocenters. The van der Waals surface area contributed by atoms with Crippen LogP contribution in [0.1, 0.15) is 23.2 Å². The van der Waals surface area contributed by atoms with E-state index in [1.807, 2.05) is 7.05 Å². The van der Waals surface area contributed by atoms with E-state index in [1.54, 1.807) is 4.90 Å². The Kier molecular flexibility index (Phi) is 4.66. The third-order valence-electron chi connectivity index (χ3n) is 4.28. The van der Waals surface area contributed by atoms with Crippen LogP contribution in [-0.4, -0.2) is 41.5 Å². The third kappa shape index (κ3) is 2.82. The molecular weight excluding hydrogens is 336 g/mol. The van der Waals surface area contributed by atoms with Gasteiger partial charge in [0.15, 0.2) is 11.5 Å². The van der Waals surface area contributed by atoms with Crippen molar-refractivity contribution in [2.75, 3.05) is 20.1 Å². The molecule has 1 aromatic carbocycles.